The van der Waals surface area contributed by atoms with E-state index in [1.54, 1.807) is 50.8 Å². The minimum atomic E-state index is -0.504. The van der Waals surface area contributed by atoms with E-state index >= 15 is 0 Å². The van der Waals surface area contributed by atoms with Gasteiger partial charge >= 0.3 is 0 Å². The van der Waals surface area contributed by atoms with Gasteiger partial charge in [0.15, 0.2) is 11.5 Å². The Balaban J connectivity index is 1.87. The number of pyridine rings is 2. The number of nitrogens with zero attached hydrogens (tertiary/aromatic N) is 3. The van der Waals surface area contributed by atoms with Gasteiger partial charge in [0, 0.05) is 37.3 Å². The molecule has 0 aliphatic heterocycles. The fourth-order valence-corrected chi connectivity index (χ4v) is 2.08. The average Bonchev–Trinajstić information content (AvgIpc) is 3.06. The molecule has 0 unspecified atom stereocenters. The second-order valence-electron chi connectivity index (χ2n) is 5.06. The smallest absolute Gasteiger partial charge is 0.278 e. The van der Waals surface area contributed by atoms with E-state index in [1.807, 2.05) is 0 Å². The van der Waals surface area contributed by atoms with Crippen LogP contribution in [0.1, 0.15) is 16.1 Å². The van der Waals surface area contributed by atoms with E-state index in [1.165, 1.54) is 10.6 Å². The van der Waals surface area contributed by atoms with Crippen molar-refractivity contribution in [1.29, 1.82) is 0 Å². The Morgan fingerprint density at radius 2 is 2.17 bits per heavy atom. The first-order chi connectivity index (χ1) is 11.1. The summed E-state index contributed by atoms with van der Waals surface area (Å²) >= 11 is 0. The molecule has 7 nitrogen and oxygen atoms in total. The third-order valence-corrected chi connectivity index (χ3v) is 3.40. The molecule has 3 heterocycles. The summed E-state index contributed by atoms with van der Waals surface area (Å²) in [7, 11) is 1.62. The summed E-state index contributed by atoms with van der Waals surface area (Å²) in [6, 6.07) is 6.82. The molecular weight excluding hydrogens is 296 g/mol. The molecule has 0 atom stereocenters. The van der Waals surface area contributed by atoms with Gasteiger partial charge in [0.05, 0.1) is 0 Å². The highest BCUT2D eigenvalue weighted by Crippen LogP contribution is 2.19. The Kier molecular flexibility index (Phi) is 3.76. The van der Waals surface area contributed by atoms with E-state index in [9.17, 15) is 9.59 Å². The molecule has 0 radical (unpaired) electrons. The number of anilines is 1. The molecule has 23 heavy (non-hydrogen) atoms. The highest BCUT2D eigenvalue weighted by molar-refractivity contribution is 6.03. The maximum absolute atomic E-state index is 12.3. The summed E-state index contributed by atoms with van der Waals surface area (Å²) in [5, 5.41) is 6.34. The van der Waals surface area contributed by atoms with Crippen molar-refractivity contribution in [2.75, 3.05) is 5.32 Å². The molecule has 116 valence electrons. The molecule has 0 fully saturated rings. The van der Waals surface area contributed by atoms with Crippen LogP contribution in [-0.4, -0.2) is 20.6 Å². The molecule has 1 N–H and O–H groups in total. The standard InChI is InChI=1S/C16H14N4O3/c1-10-5-7-20(2)16(22)14(10)18-15(21)12-8-13(23-19-12)11-4-3-6-17-9-11/h3-9H,1-2H3,(H,18,21). The van der Waals surface area contributed by atoms with E-state index in [4.69, 9.17) is 4.52 Å². The highest BCUT2D eigenvalue weighted by atomic mass is 16.5. The molecule has 0 bridgehead atoms. The number of rotatable bonds is 3. The Bertz CT molecular complexity index is 913. The van der Waals surface area contributed by atoms with Crippen LogP contribution in [0.25, 0.3) is 11.3 Å². The Hall–Kier alpha value is -3.22. The molecule has 0 aliphatic carbocycles. The van der Waals surface area contributed by atoms with Gasteiger partial charge in [0.2, 0.25) is 0 Å². The van der Waals surface area contributed by atoms with Gasteiger partial charge in [-0.1, -0.05) is 5.16 Å². The molecule has 0 spiro atoms. The lowest BCUT2D eigenvalue weighted by Gasteiger charge is -2.07. The molecule has 3 aromatic heterocycles. The van der Waals surface area contributed by atoms with Crippen molar-refractivity contribution >= 4 is 11.6 Å². The van der Waals surface area contributed by atoms with Gasteiger partial charge in [-0.2, -0.15) is 0 Å². The van der Waals surface area contributed by atoms with Gasteiger partial charge in [-0.15, -0.1) is 0 Å². The Morgan fingerprint density at radius 3 is 2.91 bits per heavy atom. The van der Waals surface area contributed by atoms with Crippen LogP contribution >= 0.6 is 0 Å². The zero-order valence-electron chi connectivity index (χ0n) is 12.6. The topological polar surface area (TPSA) is 90.0 Å². The molecule has 7 heteroatoms. The molecule has 0 saturated heterocycles. The fraction of sp³-hybridized carbons (Fsp3) is 0.125. The van der Waals surface area contributed by atoms with Crippen LogP contribution < -0.4 is 10.9 Å². The largest absolute Gasteiger partial charge is 0.355 e. The molecule has 3 rings (SSSR count). The normalized spacial score (nSPS) is 10.5. The van der Waals surface area contributed by atoms with Gasteiger partial charge in [0.25, 0.3) is 11.5 Å². The van der Waals surface area contributed by atoms with E-state index in [-0.39, 0.29) is 16.9 Å². The zero-order chi connectivity index (χ0) is 16.4. The average molecular weight is 310 g/mol. The minimum Gasteiger partial charge on any atom is -0.355 e. The molecule has 1 amide bonds. The number of carbonyl (C=O) groups excluding carboxylic acids is 1. The summed E-state index contributed by atoms with van der Waals surface area (Å²) in [5.74, 6) is -0.0729. The van der Waals surface area contributed by atoms with E-state index in [0.29, 0.717) is 16.9 Å². The molecule has 3 aromatic rings. The fourth-order valence-electron chi connectivity index (χ4n) is 2.08. The van der Waals surface area contributed by atoms with Crippen molar-refractivity contribution in [3.8, 4) is 11.3 Å². The van der Waals surface area contributed by atoms with Crippen LogP contribution in [0, 0.1) is 6.92 Å². The number of nitrogens with one attached hydrogen (secondary N) is 1. The van der Waals surface area contributed by atoms with Crippen molar-refractivity contribution in [3.63, 3.8) is 0 Å². The third kappa shape index (κ3) is 2.89. The van der Waals surface area contributed by atoms with E-state index in [0.717, 1.165) is 0 Å². The van der Waals surface area contributed by atoms with Crippen LogP contribution in [0.2, 0.25) is 0 Å². The van der Waals surface area contributed by atoms with Crippen molar-refractivity contribution in [2.45, 2.75) is 6.92 Å². The number of hydrogen-bond acceptors (Lipinski definition) is 5. The molecule has 0 saturated carbocycles. The van der Waals surface area contributed by atoms with Gasteiger partial charge in [-0.3, -0.25) is 14.6 Å². The maximum Gasteiger partial charge on any atom is 0.278 e. The van der Waals surface area contributed by atoms with Crippen LogP contribution in [0.15, 0.2) is 52.2 Å². The van der Waals surface area contributed by atoms with Gasteiger partial charge in [-0.05, 0) is 30.7 Å². The van der Waals surface area contributed by atoms with E-state index in [2.05, 4.69) is 15.5 Å². The lowest BCUT2D eigenvalue weighted by Crippen LogP contribution is -2.25. The number of aryl methyl sites for hydroxylation is 2. The van der Waals surface area contributed by atoms with Crippen LogP contribution in [0.3, 0.4) is 0 Å². The second-order valence-corrected chi connectivity index (χ2v) is 5.06. The lowest BCUT2D eigenvalue weighted by atomic mass is 10.2. The number of carbonyl (C=O) groups is 1. The first kappa shape index (κ1) is 14.7. The second kappa shape index (κ2) is 5.88. The number of amides is 1. The Labute approximate surface area is 131 Å². The predicted molar refractivity (Wildman–Crippen MR) is 84.1 cm³/mol. The summed E-state index contributed by atoms with van der Waals surface area (Å²) in [6.07, 6.45) is 4.89. The number of aromatic nitrogens is 3. The van der Waals surface area contributed by atoms with Crippen LogP contribution in [0.4, 0.5) is 5.69 Å². The summed E-state index contributed by atoms with van der Waals surface area (Å²) in [6.45, 7) is 1.75. The number of hydrogen-bond donors (Lipinski definition) is 1. The minimum absolute atomic E-state index is 0.0918. The highest BCUT2D eigenvalue weighted by Gasteiger charge is 2.16. The first-order valence-electron chi connectivity index (χ1n) is 6.91. The third-order valence-electron chi connectivity index (χ3n) is 3.40. The quantitative estimate of drug-likeness (QED) is 0.799. The Morgan fingerprint density at radius 1 is 1.35 bits per heavy atom. The SMILES string of the molecule is Cc1ccn(C)c(=O)c1NC(=O)c1cc(-c2cccnc2)on1. The lowest BCUT2D eigenvalue weighted by molar-refractivity contribution is 0.101. The first-order valence-corrected chi connectivity index (χ1v) is 6.91. The van der Waals surface area contributed by atoms with Gasteiger partial charge < -0.3 is 14.4 Å². The van der Waals surface area contributed by atoms with Gasteiger partial charge in [0.1, 0.15) is 5.69 Å². The summed E-state index contributed by atoms with van der Waals surface area (Å²) < 4.78 is 6.55. The van der Waals surface area contributed by atoms with Crippen LogP contribution in [0.5, 0.6) is 0 Å². The molecule has 0 aliphatic rings. The summed E-state index contributed by atoms with van der Waals surface area (Å²) in [4.78, 5) is 28.3. The van der Waals surface area contributed by atoms with Crippen molar-refractivity contribution in [2.24, 2.45) is 7.05 Å². The van der Waals surface area contributed by atoms with Gasteiger partial charge in [-0.25, -0.2) is 0 Å². The predicted octanol–water partition coefficient (Wildman–Crippen LogP) is 2.00. The van der Waals surface area contributed by atoms with Crippen molar-refractivity contribution in [3.05, 3.63) is 64.5 Å². The van der Waals surface area contributed by atoms with Crippen molar-refractivity contribution < 1.29 is 9.32 Å². The summed E-state index contributed by atoms with van der Waals surface area (Å²) in [5.41, 5.74) is 1.43. The van der Waals surface area contributed by atoms with E-state index < -0.39 is 5.91 Å². The van der Waals surface area contributed by atoms with Crippen molar-refractivity contribution in [1.82, 2.24) is 14.7 Å². The molecular formula is C16H14N4O3. The molecule has 0 aromatic carbocycles. The zero-order valence-corrected chi connectivity index (χ0v) is 12.6. The maximum atomic E-state index is 12.3. The monoisotopic (exact) mass is 310 g/mol. The van der Waals surface area contributed by atoms with Crippen LogP contribution in [-0.2, 0) is 7.05 Å².